The number of rotatable bonds is 5. The molecule has 148 valence electrons. The fourth-order valence-corrected chi connectivity index (χ4v) is 5.11. The van der Waals surface area contributed by atoms with Crippen LogP contribution in [0.3, 0.4) is 0 Å². The number of nitriles is 1. The van der Waals surface area contributed by atoms with E-state index in [-0.39, 0.29) is 35.9 Å². The first kappa shape index (κ1) is 20.8. The summed E-state index contributed by atoms with van der Waals surface area (Å²) in [4.78, 5) is 28.0. The fourth-order valence-electron chi connectivity index (χ4n) is 3.74. The molecule has 2 aliphatic rings. The van der Waals surface area contributed by atoms with Crippen molar-refractivity contribution in [1.29, 1.82) is 5.26 Å². The van der Waals surface area contributed by atoms with E-state index in [9.17, 15) is 14.9 Å². The minimum absolute atomic E-state index is 0.0719. The predicted octanol–water partition coefficient (Wildman–Crippen LogP) is 3.88. The van der Waals surface area contributed by atoms with Gasteiger partial charge in [-0.1, -0.05) is 23.9 Å². The highest BCUT2D eigenvalue weighted by atomic mass is 32.2. The Kier molecular flexibility index (Phi) is 7.08. The maximum Gasteiger partial charge on any atom is 0.233 e. The minimum Gasteiger partial charge on any atom is -0.339 e. The standard InChI is InChI=1S/C21H25N3O2S2/c1-14-5-3-4-10-24(14)20(26)13-28-21-18(12-22)17(11-19(25)23-21)15-6-8-16(27-2)9-7-15/h6-9,14,17H,3-5,10-11,13H2,1-2H3,(H,23,25)/t14-,17-/m1/s1. The smallest absolute Gasteiger partial charge is 0.233 e. The van der Waals surface area contributed by atoms with E-state index < -0.39 is 0 Å². The third-order valence-corrected chi connectivity index (χ3v) is 7.08. The molecule has 1 aromatic rings. The molecule has 0 aliphatic carbocycles. The number of carbonyl (C=O) groups is 2. The number of piperidine rings is 1. The molecule has 2 atom stereocenters. The van der Waals surface area contributed by atoms with Crippen molar-refractivity contribution in [3.05, 3.63) is 40.4 Å². The van der Waals surface area contributed by atoms with E-state index in [0.717, 1.165) is 36.3 Å². The summed E-state index contributed by atoms with van der Waals surface area (Å²) in [5.41, 5.74) is 1.50. The molecule has 5 nitrogen and oxygen atoms in total. The van der Waals surface area contributed by atoms with Crippen LogP contribution in [0.1, 0.15) is 44.1 Å². The minimum atomic E-state index is -0.263. The van der Waals surface area contributed by atoms with Crippen molar-refractivity contribution in [1.82, 2.24) is 10.2 Å². The van der Waals surface area contributed by atoms with E-state index in [1.54, 1.807) is 11.8 Å². The number of carbonyl (C=O) groups excluding carboxylic acids is 2. The number of nitrogens with one attached hydrogen (secondary N) is 1. The molecule has 1 saturated heterocycles. The molecule has 2 amide bonds. The van der Waals surface area contributed by atoms with Crippen molar-refractivity contribution in [3.63, 3.8) is 0 Å². The molecule has 0 unspecified atom stereocenters. The molecule has 7 heteroatoms. The van der Waals surface area contributed by atoms with E-state index in [4.69, 9.17) is 0 Å². The van der Waals surface area contributed by atoms with Gasteiger partial charge < -0.3 is 10.2 Å². The first-order chi connectivity index (χ1) is 13.5. The van der Waals surface area contributed by atoms with Gasteiger partial charge in [-0.25, -0.2) is 0 Å². The van der Waals surface area contributed by atoms with Gasteiger partial charge in [-0.15, -0.1) is 11.8 Å². The molecule has 28 heavy (non-hydrogen) atoms. The molecule has 0 spiro atoms. The Morgan fingerprint density at radius 1 is 1.32 bits per heavy atom. The largest absolute Gasteiger partial charge is 0.339 e. The van der Waals surface area contributed by atoms with E-state index in [2.05, 4.69) is 18.3 Å². The Morgan fingerprint density at radius 2 is 2.07 bits per heavy atom. The second kappa shape index (κ2) is 9.53. The summed E-state index contributed by atoms with van der Waals surface area (Å²) in [6, 6.07) is 10.5. The lowest BCUT2D eigenvalue weighted by molar-refractivity contribution is -0.131. The van der Waals surface area contributed by atoms with Gasteiger partial charge in [0.05, 0.1) is 22.4 Å². The van der Waals surface area contributed by atoms with Gasteiger partial charge in [0.25, 0.3) is 0 Å². The van der Waals surface area contributed by atoms with Gasteiger partial charge in [0.2, 0.25) is 11.8 Å². The zero-order valence-corrected chi connectivity index (χ0v) is 17.9. The molecule has 0 saturated carbocycles. The summed E-state index contributed by atoms with van der Waals surface area (Å²) in [7, 11) is 0. The molecule has 1 fully saturated rings. The lowest BCUT2D eigenvalue weighted by Gasteiger charge is -2.33. The molecule has 0 radical (unpaired) electrons. The van der Waals surface area contributed by atoms with Crippen LogP contribution in [0, 0.1) is 11.3 Å². The number of hydrogen-bond acceptors (Lipinski definition) is 5. The average molecular weight is 416 g/mol. The van der Waals surface area contributed by atoms with Gasteiger partial charge in [0, 0.05) is 29.8 Å². The monoisotopic (exact) mass is 415 g/mol. The SMILES string of the molecule is CSc1ccc([C@H]2CC(=O)NC(SCC(=O)N3CCCC[C@H]3C)=C2C#N)cc1. The molecule has 3 rings (SSSR count). The molecule has 1 aromatic carbocycles. The number of nitrogens with zero attached hydrogens (tertiary/aromatic N) is 2. The third kappa shape index (κ3) is 4.73. The first-order valence-electron chi connectivity index (χ1n) is 9.53. The number of allylic oxidation sites excluding steroid dienone is 1. The highest BCUT2D eigenvalue weighted by Crippen LogP contribution is 2.36. The molecular weight excluding hydrogens is 390 g/mol. The first-order valence-corrected chi connectivity index (χ1v) is 11.7. The molecule has 0 aromatic heterocycles. The van der Waals surface area contributed by atoms with Crippen molar-refractivity contribution >= 4 is 35.3 Å². The van der Waals surface area contributed by atoms with Crippen molar-refractivity contribution in [2.24, 2.45) is 0 Å². The second-order valence-electron chi connectivity index (χ2n) is 7.15. The van der Waals surface area contributed by atoms with Crippen molar-refractivity contribution in [2.75, 3.05) is 18.6 Å². The maximum atomic E-state index is 12.6. The van der Waals surface area contributed by atoms with Crippen LogP contribution in [-0.4, -0.2) is 41.3 Å². The number of benzene rings is 1. The van der Waals surface area contributed by atoms with Gasteiger partial charge in [-0.2, -0.15) is 5.26 Å². The highest BCUT2D eigenvalue weighted by molar-refractivity contribution is 8.03. The van der Waals surface area contributed by atoms with Crippen LogP contribution >= 0.6 is 23.5 Å². The van der Waals surface area contributed by atoms with E-state index in [1.807, 2.05) is 35.4 Å². The quantitative estimate of drug-likeness (QED) is 0.739. The van der Waals surface area contributed by atoms with Crippen LogP contribution in [-0.2, 0) is 9.59 Å². The summed E-state index contributed by atoms with van der Waals surface area (Å²) in [5, 5.41) is 13.1. The van der Waals surface area contributed by atoms with Crippen LogP contribution in [0.15, 0.2) is 39.8 Å². The Morgan fingerprint density at radius 3 is 2.71 bits per heavy atom. The second-order valence-corrected chi connectivity index (χ2v) is 9.02. The number of likely N-dealkylation sites (tertiary alicyclic amines) is 1. The Hall–Kier alpha value is -1.91. The fraction of sp³-hybridized carbons (Fsp3) is 0.476. The number of thioether (sulfide) groups is 2. The number of hydrogen-bond donors (Lipinski definition) is 1. The Balaban J connectivity index is 1.77. The van der Waals surface area contributed by atoms with Crippen LogP contribution in [0.5, 0.6) is 0 Å². The third-order valence-electron chi connectivity index (χ3n) is 5.34. The van der Waals surface area contributed by atoms with E-state index in [1.165, 1.54) is 11.8 Å². The topological polar surface area (TPSA) is 73.2 Å². The zero-order chi connectivity index (χ0) is 20.1. The summed E-state index contributed by atoms with van der Waals surface area (Å²) in [5.74, 6) is -0.0633. The Labute approximate surface area is 174 Å². The maximum absolute atomic E-state index is 12.6. The predicted molar refractivity (Wildman–Crippen MR) is 114 cm³/mol. The van der Waals surface area contributed by atoms with Crippen LogP contribution in [0.2, 0.25) is 0 Å². The lowest BCUT2D eigenvalue weighted by atomic mass is 9.87. The molecule has 2 aliphatic heterocycles. The van der Waals surface area contributed by atoms with E-state index >= 15 is 0 Å². The summed E-state index contributed by atoms with van der Waals surface area (Å²) in [6.45, 7) is 2.87. The van der Waals surface area contributed by atoms with Crippen LogP contribution in [0.4, 0.5) is 0 Å². The van der Waals surface area contributed by atoms with Gasteiger partial charge in [-0.3, -0.25) is 9.59 Å². The molecular formula is C21H25N3O2S2. The van der Waals surface area contributed by atoms with E-state index in [0.29, 0.717) is 10.6 Å². The average Bonchev–Trinajstić information content (AvgIpc) is 2.72. The molecule has 0 bridgehead atoms. The number of amides is 2. The Bertz CT molecular complexity index is 814. The summed E-state index contributed by atoms with van der Waals surface area (Å²) >= 11 is 2.93. The normalized spacial score (nSPS) is 22.6. The van der Waals surface area contributed by atoms with Crippen molar-refractivity contribution < 1.29 is 9.59 Å². The van der Waals surface area contributed by atoms with Gasteiger partial charge in [0.15, 0.2) is 0 Å². The summed E-state index contributed by atoms with van der Waals surface area (Å²) < 4.78 is 0. The van der Waals surface area contributed by atoms with Gasteiger partial charge in [0.1, 0.15) is 0 Å². The molecule has 1 N–H and O–H groups in total. The van der Waals surface area contributed by atoms with Crippen molar-refractivity contribution in [2.45, 2.75) is 49.5 Å². The van der Waals surface area contributed by atoms with Crippen LogP contribution in [0.25, 0.3) is 0 Å². The van der Waals surface area contributed by atoms with Gasteiger partial charge in [-0.05, 0) is 50.1 Å². The highest BCUT2D eigenvalue weighted by Gasteiger charge is 2.31. The van der Waals surface area contributed by atoms with Gasteiger partial charge >= 0.3 is 0 Å². The summed E-state index contributed by atoms with van der Waals surface area (Å²) in [6.07, 6.45) is 5.50. The van der Waals surface area contributed by atoms with Crippen LogP contribution < -0.4 is 5.32 Å². The zero-order valence-electron chi connectivity index (χ0n) is 16.2. The lowest BCUT2D eigenvalue weighted by Crippen LogP contribution is -2.43. The molecule has 2 heterocycles. The van der Waals surface area contributed by atoms with Crippen molar-refractivity contribution in [3.8, 4) is 6.07 Å².